The molecule has 4 bridgehead atoms. The Morgan fingerprint density at radius 3 is 0.797 bits per heavy atom. The average molecular weight is 1130 g/mol. The zero-order chi connectivity index (χ0) is 52.6. The number of carbonyl (C=O) groups excluding carboxylic acids is 1. The Balaban J connectivity index is 2.82. The van der Waals surface area contributed by atoms with Crippen molar-refractivity contribution in [2.45, 2.75) is 239 Å². The Hall–Kier alpha value is 0.365. The average Bonchev–Trinajstić information content (AvgIpc) is 3.04. The van der Waals surface area contributed by atoms with Crippen LogP contribution in [0.15, 0.2) is 0 Å². The van der Waals surface area contributed by atoms with Crippen molar-refractivity contribution in [1.82, 2.24) is 5.32 Å². The first-order valence-electron chi connectivity index (χ1n) is 24.3. The van der Waals surface area contributed by atoms with Gasteiger partial charge in [0.1, 0.15) is 0 Å². The first-order chi connectivity index (χ1) is 31.6. The van der Waals surface area contributed by atoms with Gasteiger partial charge in [-0.15, -0.1) is 0 Å². The summed E-state index contributed by atoms with van der Waals surface area (Å²) in [5.74, 6) is -0.277. The van der Waals surface area contributed by atoms with Gasteiger partial charge in [0.05, 0.1) is 0 Å². The molecule has 0 spiro atoms. The SMILES string of the molecule is CC(=O)NCCC[Si]12O[Si](OC(C)C)(OC(C)C)O[Si](OC(C)C)(OC(C)C)O[Si](OC(C)C)(O1)O[Si]1(OC(C)C)O[Si](OC(C)C)(OC(C)C)O[Si](OC(C)C)(OC(C)C)O[Si](OC(C)C)(O2)O1. The van der Waals surface area contributed by atoms with E-state index >= 15 is 0 Å². The normalized spacial score (nSPS) is 28.3. The maximum atomic E-state index is 12.4. The smallest absolute Gasteiger partial charge is 0.356 e. The van der Waals surface area contributed by atoms with Crippen molar-refractivity contribution >= 4 is 78.0 Å². The van der Waals surface area contributed by atoms with Gasteiger partial charge in [0, 0.05) is 86.7 Å². The lowest BCUT2D eigenvalue weighted by Gasteiger charge is -2.54. The molecule has 3 aliphatic heterocycles. The van der Waals surface area contributed by atoms with Gasteiger partial charge in [0.25, 0.3) is 0 Å². The number of hydrogen-bond donors (Lipinski definition) is 1. The number of hydrogen-bond acceptors (Lipinski definition) is 22. The van der Waals surface area contributed by atoms with Crippen molar-refractivity contribution < 1.29 is 94.6 Å². The molecule has 1 N–H and O–H groups in total. The van der Waals surface area contributed by atoms with Crippen LogP contribution in [-0.4, -0.2) is 152 Å². The highest BCUT2D eigenvalue weighted by molar-refractivity contribution is 6.93. The van der Waals surface area contributed by atoms with Crippen LogP contribution in [0.2, 0.25) is 6.04 Å². The van der Waals surface area contributed by atoms with Crippen molar-refractivity contribution in [3.63, 3.8) is 0 Å². The van der Waals surface area contributed by atoms with Gasteiger partial charge < -0.3 is 95.2 Å². The molecule has 3 saturated heterocycles. The van der Waals surface area contributed by atoms with E-state index in [1.54, 1.807) is 152 Å². The van der Waals surface area contributed by atoms with Crippen molar-refractivity contribution in [1.29, 1.82) is 0 Å². The largest absolute Gasteiger partial charge is 0.668 e. The summed E-state index contributed by atoms with van der Waals surface area (Å²) in [5.41, 5.74) is 0. The van der Waals surface area contributed by atoms with Crippen molar-refractivity contribution in [3.8, 4) is 0 Å². The van der Waals surface area contributed by atoms with Crippen LogP contribution in [0.3, 0.4) is 0 Å². The fraction of sp³-hybridized carbons (Fsp3) is 0.974. The highest BCUT2D eigenvalue weighted by atomic mass is 28.6. The first kappa shape index (κ1) is 63.7. The summed E-state index contributed by atoms with van der Waals surface area (Å²) in [7, 11) is -40.2. The second-order valence-electron chi connectivity index (χ2n) is 19.6. The third-order valence-corrected chi connectivity index (χ3v) is 37.9. The zero-order valence-electron chi connectivity index (χ0n) is 45.5. The maximum Gasteiger partial charge on any atom is 0.668 e. The Morgan fingerprint density at radius 2 is 0.565 bits per heavy atom. The molecule has 0 aliphatic carbocycles. The second kappa shape index (κ2) is 25.9. The Morgan fingerprint density at radius 1 is 0.333 bits per heavy atom. The molecule has 4 atom stereocenters. The third kappa shape index (κ3) is 19.8. The Kier molecular flexibility index (Phi) is 23.9. The predicted octanol–water partition coefficient (Wildman–Crippen LogP) is 6.38. The molecule has 1 amide bonds. The molecule has 0 aromatic heterocycles. The Labute approximate surface area is 421 Å². The molecule has 0 saturated carbocycles. The van der Waals surface area contributed by atoms with Gasteiger partial charge in [-0.3, -0.25) is 4.79 Å². The number of fused-ring (bicyclic) bond motifs is 4. The summed E-state index contributed by atoms with van der Waals surface area (Å²) in [6.07, 6.45) is -7.06. The van der Waals surface area contributed by atoms with E-state index in [1.165, 1.54) is 6.92 Å². The van der Waals surface area contributed by atoms with E-state index in [-0.39, 0.29) is 24.9 Å². The van der Waals surface area contributed by atoms with E-state index in [0.717, 1.165) is 0 Å². The molecule has 0 radical (unpaired) electrons. The van der Waals surface area contributed by atoms with Gasteiger partial charge in [-0.1, -0.05) is 0 Å². The minimum absolute atomic E-state index is 0.125. The summed E-state index contributed by atoms with van der Waals surface area (Å²) in [4.78, 5) is 12.4. The van der Waals surface area contributed by atoms with Crippen LogP contribution in [0.1, 0.15) is 166 Å². The van der Waals surface area contributed by atoms with Crippen LogP contribution in [0, 0.1) is 0 Å². The predicted molar refractivity (Wildman–Crippen MR) is 263 cm³/mol. The van der Waals surface area contributed by atoms with Crippen LogP contribution < -0.4 is 5.32 Å². The van der Waals surface area contributed by atoms with E-state index in [2.05, 4.69) is 5.32 Å². The lowest BCUT2D eigenvalue weighted by molar-refractivity contribution is -0.145. The fourth-order valence-corrected chi connectivity index (χ4v) is 41.6. The van der Waals surface area contributed by atoms with E-state index in [0.29, 0.717) is 0 Å². The minimum atomic E-state index is -5.30. The van der Waals surface area contributed by atoms with Crippen molar-refractivity contribution in [2.24, 2.45) is 0 Å². The standard InChI is InChI=1S/C38H87NO22Si8/c1-27(2)41-63(42-28(3)4)52-62(26-24-25-39-38(23)40)53-67(49-35(17)18,57-64(55-63,43-29(5)6)44-30(7)8)60-69(51-37(21)22)59-66(47-33(13)14,48-34(15)16)56-65(45-31(9)10,46-32(11)12)58-68(54-62,61-69)50-36(19)20/h27-37H,24-26H2,1-23H3,(H,39,40). The van der Waals surface area contributed by atoms with Crippen LogP contribution in [-0.2, 0) is 94.6 Å². The van der Waals surface area contributed by atoms with Crippen molar-refractivity contribution in [2.75, 3.05) is 6.54 Å². The zero-order valence-corrected chi connectivity index (χ0v) is 53.5. The molecular formula is C38H87NO22Si8. The van der Waals surface area contributed by atoms with E-state index in [1.807, 2.05) is 0 Å². The fourth-order valence-electron chi connectivity index (χ4n) is 6.59. The summed E-state index contributed by atoms with van der Waals surface area (Å²) >= 11 is 0. The molecule has 3 aliphatic rings. The summed E-state index contributed by atoms with van der Waals surface area (Å²) in [5, 5.41) is 2.85. The molecule has 69 heavy (non-hydrogen) atoms. The number of nitrogens with one attached hydrogen (secondary N) is 1. The lowest BCUT2D eigenvalue weighted by atomic mass is 10.5. The van der Waals surface area contributed by atoms with Gasteiger partial charge in [-0.25, -0.2) is 0 Å². The van der Waals surface area contributed by atoms with E-state index in [4.69, 9.17) is 89.8 Å². The number of rotatable bonds is 26. The maximum absolute atomic E-state index is 12.4. The van der Waals surface area contributed by atoms with Gasteiger partial charge in [0.15, 0.2) is 0 Å². The highest BCUT2D eigenvalue weighted by Gasteiger charge is 2.85. The Bertz CT molecular complexity index is 1520. The van der Waals surface area contributed by atoms with Crippen LogP contribution >= 0.6 is 0 Å². The molecule has 3 heterocycles. The summed E-state index contributed by atoms with van der Waals surface area (Å²) in [6.45, 7) is 40.5. The number of carbonyl (C=O) groups is 1. The monoisotopic (exact) mass is 1130 g/mol. The molecule has 4 unspecified atom stereocenters. The molecule has 0 aromatic rings. The summed E-state index contributed by atoms with van der Waals surface area (Å²) in [6, 6.07) is -0.150. The highest BCUT2D eigenvalue weighted by Crippen LogP contribution is 2.47. The molecular weight excluding hydrogens is 1050 g/mol. The molecule has 3 rings (SSSR count). The molecule has 408 valence electrons. The lowest BCUT2D eigenvalue weighted by Crippen LogP contribution is -2.85. The van der Waals surface area contributed by atoms with Crippen LogP contribution in [0.25, 0.3) is 0 Å². The topological polar surface area (TPSA) is 223 Å². The van der Waals surface area contributed by atoms with Gasteiger partial charge in [0.2, 0.25) is 5.91 Å². The molecule has 3 fully saturated rings. The quantitative estimate of drug-likeness (QED) is 0.0733. The molecule has 23 nitrogen and oxygen atoms in total. The number of amides is 1. The van der Waals surface area contributed by atoms with E-state index in [9.17, 15) is 4.79 Å². The van der Waals surface area contributed by atoms with Gasteiger partial charge >= 0.3 is 72.1 Å². The van der Waals surface area contributed by atoms with Crippen molar-refractivity contribution in [3.05, 3.63) is 0 Å². The second-order valence-corrected chi connectivity index (χ2v) is 39.2. The van der Waals surface area contributed by atoms with Crippen LogP contribution in [0.5, 0.6) is 0 Å². The molecule has 0 aromatic carbocycles. The third-order valence-electron chi connectivity index (χ3n) is 7.81. The first-order valence-corrected chi connectivity index (χ1v) is 37.6. The van der Waals surface area contributed by atoms with E-state index < -0.39 is 139 Å². The van der Waals surface area contributed by atoms with Gasteiger partial charge in [-0.05, 0) is 159 Å². The van der Waals surface area contributed by atoms with Gasteiger partial charge in [-0.2, -0.15) is 0 Å². The molecule has 31 heteroatoms. The van der Waals surface area contributed by atoms with Crippen LogP contribution in [0.4, 0.5) is 0 Å². The minimum Gasteiger partial charge on any atom is -0.356 e. The summed E-state index contributed by atoms with van der Waals surface area (Å²) < 4.78 is 147.